The van der Waals surface area contributed by atoms with Gasteiger partial charge in [-0.2, -0.15) is 0 Å². The van der Waals surface area contributed by atoms with E-state index in [2.05, 4.69) is 5.32 Å². The van der Waals surface area contributed by atoms with Crippen molar-refractivity contribution in [2.45, 2.75) is 51.5 Å². The molecule has 2 aliphatic rings. The average molecular weight is 363 g/mol. The summed E-state index contributed by atoms with van der Waals surface area (Å²) < 4.78 is 4.97. The van der Waals surface area contributed by atoms with Gasteiger partial charge in [0.25, 0.3) is 0 Å². The first-order valence-electron chi connectivity index (χ1n) is 9.20. The molecule has 2 N–H and O–H groups in total. The molecule has 0 spiro atoms. The van der Waals surface area contributed by atoms with Gasteiger partial charge < -0.3 is 25.0 Å². The Balaban J connectivity index is 0.00000338. The number of urea groups is 1. The summed E-state index contributed by atoms with van der Waals surface area (Å²) in [5.74, 6) is -0.655. The van der Waals surface area contributed by atoms with Crippen LogP contribution in [-0.2, 0) is 9.53 Å². The molecule has 0 aromatic carbocycles. The van der Waals surface area contributed by atoms with Gasteiger partial charge in [0.1, 0.15) is 0 Å². The molecule has 1 heterocycles. The first kappa shape index (κ1) is 22.6. The average Bonchev–Trinajstić information content (AvgIpc) is 2.62. The van der Waals surface area contributed by atoms with Crippen molar-refractivity contribution in [3.05, 3.63) is 0 Å². The zero-order chi connectivity index (χ0) is 18.2. The Hall–Kier alpha value is -1.39. The maximum absolute atomic E-state index is 12.5. The van der Waals surface area contributed by atoms with E-state index in [4.69, 9.17) is 9.84 Å². The summed E-state index contributed by atoms with van der Waals surface area (Å²) in [5, 5.41) is 12.1. The number of carboxylic acids is 1. The molecule has 2 rings (SSSR count). The van der Waals surface area contributed by atoms with E-state index in [1.165, 1.54) is 6.42 Å². The Morgan fingerprint density at radius 2 is 1.65 bits per heavy atom. The first-order chi connectivity index (χ1) is 12.0. The number of nitrogens with one attached hydrogen (secondary N) is 1. The molecule has 1 saturated heterocycles. The molecule has 26 heavy (non-hydrogen) atoms. The van der Waals surface area contributed by atoms with Crippen LogP contribution in [-0.4, -0.2) is 90.7 Å². The zero-order valence-corrected chi connectivity index (χ0v) is 14.9. The number of carbonyl (C=O) groups excluding carboxylic acids is 2. The van der Waals surface area contributed by atoms with E-state index in [0.717, 1.165) is 25.7 Å². The van der Waals surface area contributed by atoms with Crippen LogP contribution < -0.4 is 5.32 Å². The number of hydrogen-bond donors (Lipinski definition) is 2. The molecule has 0 aromatic heterocycles. The Bertz CT molecular complexity index is 477. The molecule has 0 aromatic rings. The molecule has 8 nitrogen and oxygen atoms in total. The van der Waals surface area contributed by atoms with Crippen LogP contribution in [0.3, 0.4) is 0 Å². The SMILES string of the molecule is CCOC(=O)N1CCN(C(=O)NC(CC(=O)O)C2CCCCC2)CC1.[LiH]. The molecule has 144 valence electrons. The zero-order valence-electron chi connectivity index (χ0n) is 14.9. The quantitative estimate of drug-likeness (QED) is 0.716. The van der Waals surface area contributed by atoms with Crippen molar-refractivity contribution >= 4 is 37.0 Å². The van der Waals surface area contributed by atoms with Crippen molar-refractivity contribution in [2.24, 2.45) is 5.92 Å². The molecule has 0 radical (unpaired) electrons. The molecule has 9 heteroatoms. The molecule has 1 aliphatic carbocycles. The van der Waals surface area contributed by atoms with Crippen molar-refractivity contribution < 1.29 is 24.2 Å². The number of nitrogens with zero attached hydrogens (tertiary/aromatic N) is 2. The Labute approximate surface area is 166 Å². The third-order valence-corrected chi connectivity index (χ3v) is 5.02. The van der Waals surface area contributed by atoms with Crippen LogP contribution in [0.5, 0.6) is 0 Å². The Morgan fingerprint density at radius 1 is 1.08 bits per heavy atom. The summed E-state index contributed by atoms with van der Waals surface area (Å²) in [4.78, 5) is 38.6. The molecule has 1 atom stereocenters. The maximum atomic E-state index is 12.5. The summed E-state index contributed by atoms with van der Waals surface area (Å²) in [6.07, 6.45) is 4.90. The van der Waals surface area contributed by atoms with Gasteiger partial charge in [-0.05, 0) is 25.7 Å². The number of piperazine rings is 1. The number of amides is 3. The van der Waals surface area contributed by atoms with Gasteiger partial charge in [-0.3, -0.25) is 4.79 Å². The minimum atomic E-state index is -0.886. The molecule has 2 fully saturated rings. The van der Waals surface area contributed by atoms with Crippen molar-refractivity contribution in [1.29, 1.82) is 0 Å². The van der Waals surface area contributed by atoms with Crippen LogP contribution in [0.4, 0.5) is 9.59 Å². The number of aliphatic carboxylic acids is 1. The van der Waals surface area contributed by atoms with Crippen LogP contribution in [0.25, 0.3) is 0 Å². The van der Waals surface area contributed by atoms with Crippen molar-refractivity contribution in [3.8, 4) is 0 Å². The molecule has 1 unspecified atom stereocenters. The van der Waals surface area contributed by atoms with Gasteiger partial charge in [0.2, 0.25) is 0 Å². The number of carbonyl (C=O) groups is 3. The van der Waals surface area contributed by atoms with E-state index in [1.54, 1.807) is 16.7 Å². The fourth-order valence-electron chi connectivity index (χ4n) is 3.62. The topological polar surface area (TPSA) is 99.2 Å². The van der Waals surface area contributed by atoms with E-state index in [1.807, 2.05) is 0 Å². The van der Waals surface area contributed by atoms with Gasteiger partial charge in [-0.1, -0.05) is 19.3 Å². The van der Waals surface area contributed by atoms with Gasteiger partial charge in [0.15, 0.2) is 0 Å². The molecular weight excluding hydrogens is 333 g/mol. The fraction of sp³-hybridized carbons (Fsp3) is 0.824. The van der Waals surface area contributed by atoms with Crippen molar-refractivity contribution in [1.82, 2.24) is 15.1 Å². The predicted octanol–water partition coefficient (Wildman–Crippen LogP) is 1.25. The van der Waals surface area contributed by atoms with Gasteiger partial charge in [0.05, 0.1) is 13.0 Å². The predicted molar refractivity (Wildman–Crippen MR) is 98.5 cm³/mol. The molecule has 3 amide bonds. The van der Waals surface area contributed by atoms with Crippen LogP contribution in [0.15, 0.2) is 0 Å². The third-order valence-electron chi connectivity index (χ3n) is 5.02. The van der Waals surface area contributed by atoms with Crippen LogP contribution in [0.2, 0.25) is 0 Å². The second kappa shape index (κ2) is 11.3. The van der Waals surface area contributed by atoms with E-state index < -0.39 is 5.97 Å². The summed E-state index contributed by atoms with van der Waals surface area (Å²) in [7, 11) is 0. The second-order valence-electron chi connectivity index (χ2n) is 6.72. The summed E-state index contributed by atoms with van der Waals surface area (Å²) in [6.45, 7) is 3.80. The molecule has 0 bridgehead atoms. The number of hydrogen-bond acceptors (Lipinski definition) is 4. The van der Waals surface area contributed by atoms with E-state index in [9.17, 15) is 14.4 Å². The third kappa shape index (κ3) is 6.73. The first-order valence-corrected chi connectivity index (χ1v) is 9.20. The molecule has 1 saturated carbocycles. The van der Waals surface area contributed by atoms with E-state index in [-0.39, 0.29) is 49.4 Å². The van der Waals surface area contributed by atoms with Crippen molar-refractivity contribution in [2.75, 3.05) is 32.8 Å². The van der Waals surface area contributed by atoms with Gasteiger partial charge in [0, 0.05) is 32.2 Å². The Kier molecular flexibility index (Phi) is 9.88. The summed E-state index contributed by atoms with van der Waals surface area (Å²) in [6, 6.07) is -0.561. The minimum absolute atomic E-state index is 0. The standard InChI is InChI=1S/C17H29N3O5.Li.H/c1-2-25-17(24)20-10-8-19(9-11-20)16(23)18-14(12-15(21)22)13-6-4-3-5-7-13;;/h13-14H,2-12H2,1H3,(H,18,23)(H,21,22);;. The van der Waals surface area contributed by atoms with Crippen LogP contribution in [0, 0.1) is 5.92 Å². The number of carboxylic acid groups (broad SMARTS) is 1. The van der Waals surface area contributed by atoms with Crippen molar-refractivity contribution in [3.63, 3.8) is 0 Å². The number of rotatable bonds is 5. The van der Waals surface area contributed by atoms with Gasteiger partial charge in [-0.25, -0.2) is 9.59 Å². The fourth-order valence-corrected chi connectivity index (χ4v) is 3.62. The van der Waals surface area contributed by atoms with E-state index >= 15 is 0 Å². The molecule has 1 aliphatic heterocycles. The normalized spacial score (nSPS) is 19.3. The summed E-state index contributed by atoms with van der Waals surface area (Å²) in [5.41, 5.74) is 0. The second-order valence-corrected chi connectivity index (χ2v) is 6.72. The molecular formula is C17H30LiN3O5. The van der Waals surface area contributed by atoms with Crippen LogP contribution >= 0.6 is 0 Å². The van der Waals surface area contributed by atoms with Crippen LogP contribution in [0.1, 0.15) is 45.4 Å². The van der Waals surface area contributed by atoms with Gasteiger partial charge >= 0.3 is 37.0 Å². The van der Waals surface area contributed by atoms with E-state index in [0.29, 0.717) is 32.8 Å². The number of ether oxygens (including phenoxy) is 1. The summed E-state index contributed by atoms with van der Waals surface area (Å²) >= 11 is 0. The Morgan fingerprint density at radius 3 is 2.19 bits per heavy atom. The monoisotopic (exact) mass is 363 g/mol. The van der Waals surface area contributed by atoms with Gasteiger partial charge in [-0.15, -0.1) is 0 Å².